The van der Waals surface area contributed by atoms with Crippen LogP contribution in [-0.4, -0.2) is 40.6 Å². The minimum atomic E-state index is -2.24. The molecule has 0 aliphatic carbocycles. The van der Waals surface area contributed by atoms with Gasteiger partial charge in [0.05, 0.1) is 0 Å². The molecule has 0 aromatic rings. The lowest BCUT2D eigenvalue weighted by molar-refractivity contribution is 0.116. The molecular weight excluding hydrogens is 218 g/mol. The molecule has 4 heteroatoms. The molecule has 0 aromatic carbocycles. The van der Waals surface area contributed by atoms with Crippen molar-refractivity contribution in [2.24, 2.45) is 5.92 Å². The summed E-state index contributed by atoms with van der Waals surface area (Å²) in [6, 6.07) is 0. The summed E-state index contributed by atoms with van der Waals surface area (Å²) in [4.78, 5) is 0. The molecule has 96 valence electrons. The number of hydrogen-bond acceptors (Lipinski definition) is 3. The molecule has 0 radical (unpaired) electrons. The Kier molecular flexibility index (Phi) is 4.57. The average molecular weight is 245 g/mol. The quantitative estimate of drug-likeness (QED) is 0.714. The minimum Gasteiger partial charge on any atom is -0.386 e. The van der Waals surface area contributed by atoms with Crippen molar-refractivity contribution in [3.63, 3.8) is 0 Å². The fourth-order valence-electron chi connectivity index (χ4n) is 2.73. The molecule has 0 bridgehead atoms. The Morgan fingerprint density at radius 3 is 1.81 bits per heavy atom. The fourth-order valence-corrected chi connectivity index (χ4v) is 6.43. The van der Waals surface area contributed by atoms with Crippen molar-refractivity contribution in [1.29, 1.82) is 0 Å². The van der Waals surface area contributed by atoms with Crippen LogP contribution in [0.5, 0.6) is 0 Å². The fraction of sp³-hybridized carbons (Fsp3) is 1.00. The summed E-state index contributed by atoms with van der Waals surface area (Å²) in [7, 11) is 1.37. The first-order valence-corrected chi connectivity index (χ1v) is 7.99. The van der Waals surface area contributed by atoms with Crippen LogP contribution in [0, 0.1) is 5.92 Å². The van der Waals surface area contributed by atoms with Crippen LogP contribution in [0.2, 0.25) is 5.04 Å². The molecule has 1 rings (SSSR count). The molecule has 0 aromatic heterocycles. The van der Waals surface area contributed by atoms with Gasteiger partial charge >= 0.3 is 8.72 Å². The monoisotopic (exact) mass is 245 g/mol. The van der Waals surface area contributed by atoms with E-state index in [4.69, 9.17) is 8.85 Å². The van der Waals surface area contributed by atoms with E-state index in [0.29, 0.717) is 0 Å². The van der Waals surface area contributed by atoms with E-state index in [1.165, 1.54) is 12.8 Å². The molecule has 0 amide bonds. The summed E-state index contributed by atoms with van der Waals surface area (Å²) in [5.74, 6) is 0.844. The number of hydrogen-bond donors (Lipinski definition) is 0. The predicted molar refractivity (Wildman–Crippen MR) is 69.5 cm³/mol. The Morgan fingerprint density at radius 2 is 1.50 bits per heavy atom. The van der Waals surface area contributed by atoms with Crippen molar-refractivity contribution in [1.82, 2.24) is 4.57 Å². The van der Waals surface area contributed by atoms with Gasteiger partial charge in [-0.25, -0.2) is 0 Å². The van der Waals surface area contributed by atoms with Gasteiger partial charge in [-0.2, -0.15) is 0 Å². The van der Waals surface area contributed by atoms with Gasteiger partial charge in [0.25, 0.3) is 0 Å². The first-order chi connectivity index (χ1) is 7.37. The lowest BCUT2D eigenvalue weighted by Crippen LogP contribution is -2.64. The van der Waals surface area contributed by atoms with E-state index in [-0.39, 0.29) is 5.04 Å². The molecule has 1 aliphatic heterocycles. The lowest BCUT2D eigenvalue weighted by atomic mass is 10.0. The summed E-state index contributed by atoms with van der Waals surface area (Å²) in [5.41, 5.74) is 0. The van der Waals surface area contributed by atoms with Gasteiger partial charge in [-0.1, -0.05) is 27.7 Å². The molecule has 1 fully saturated rings. The maximum absolute atomic E-state index is 5.87. The highest BCUT2D eigenvalue weighted by atomic mass is 28.4. The third-order valence-electron chi connectivity index (χ3n) is 3.70. The van der Waals surface area contributed by atoms with Crippen molar-refractivity contribution < 1.29 is 8.85 Å². The van der Waals surface area contributed by atoms with Crippen molar-refractivity contribution in [3.05, 3.63) is 0 Å². The first-order valence-electron chi connectivity index (χ1n) is 6.22. The Hall–Kier alpha value is 0.0969. The minimum absolute atomic E-state index is 0.0804. The van der Waals surface area contributed by atoms with E-state index in [9.17, 15) is 0 Å². The van der Waals surface area contributed by atoms with E-state index >= 15 is 0 Å². The molecular formula is C12H27NO2Si. The van der Waals surface area contributed by atoms with Gasteiger partial charge in [0.15, 0.2) is 0 Å². The van der Waals surface area contributed by atoms with Crippen molar-refractivity contribution in [2.75, 3.05) is 27.3 Å². The second kappa shape index (κ2) is 5.17. The highest BCUT2D eigenvalue weighted by Gasteiger charge is 2.54. The van der Waals surface area contributed by atoms with E-state index in [2.05, 4.69) is 32.3 Å². The van der Waals surface area contributed by atoms with Gasteiger partial charge in [0.2, 0.25) is 0 Å². The predicted octanol–water partition coefficient (Wildman–Crippen LogP) is 2.75. The van der Waals surface area contributed by atoms with Gasteiger partial charge in [0, 0.05) is 19.3 Å². The number of piperidine rings is 1. The molecule has 16 heavy (non-hydrogen) atoms. The van der Waals surface area contributed by atoms with Gasteiger partial charge in [0.1, 0.15) is 0 Å². The molecule has 3 nitrogen and oxygen atoms in total. The van der Waals surface area contributed by atoms with E-state index in [1.54, 1.807) is 14.2 Å². The third-order valence-corrected chi connectivity index (χ3v) is 7.98. The summed E-state index contributed by atoms with van der Waals surface area (Å²) in [6.45, 7) is 11.2. The topological polar surface area (TPSA) is 21.7 Å². The maximum Gasteiger partial charge on any atom is 0.432 e. The highest BCUT2D eigenvalue weighted by molar-refractivity contribution is 6.67. The van der Waals surface area contributed by atoms with Gasteiger partial charge in [-0.05, 0) is 31.8 Å². The standard InChI is InChI=1S/C12H27NO2Si/c1-11-7-9-13(10-8-11)16(14-5,15-6)12(2,3)4/h11H,7-10H2,1-6H3. The number of rotatable bonds is 3. The third kappa shape index (κ3) is 2.50. The molecule has 0 N–H and O–H groups in total. The molecule has 1 aliphatic rings. The Morgan fingerprint density at radius 1 is 1.06 bits per heavy atom. The normalized spacial score (nSPS) is 21.4. The molecule has 0 atom stereocenters. The van der Waals surface area contributed by atoms with Gasteiger partial charge in [-0.3, -0.25) is 4.57 Å². The highest BCUT2D eigenvalue weighted by Crippen LogP contribution is 2.40. The van der Waals surface area contributed by atoms with Crippen LogP contribution in [0.4, 0.5) is 0 Å². The largest absolute Gasteiger partial charge is 0.432 e. The summed E-state index contributed by atoms with van der Waals surface area (Å²) in [5, 5.41) is 0.0804. The van der Waals surface area contributed by atoms with Crippen LogP contribution in [0.3, 0.4) is 0 Å². The summed E-state index contributed by atoms with van der Waals surface area (Å²) < 4.78 is 14.2. The van der Waals surface area contributed by atoms with Crippen LogP contribution in [0.15, 0.2) is 0 Å². The Bertz CT molecular complexity index is 216. The van der Waals surface area contributed by atoms with Crippen LogP contribution in [0.1, 0.15) is 40.5 Å². The second-order valence-corrected chi connectivity index (χ2v) is 10.0. The zero-order valence-corrected chi connectivity index (χ0v) is 12.7. The SMILES string of the molecule is CO[Si](OC)(N1CCC(C)CC1)C(C)(C)C. The number of nitrogens with zero attached hydrogens (tertiary/aromatic N) is 1. The lowest BCUT2D eigenvalue weighted by Gasteiger charge is -2.47. The summed E-state index contributed by atoms with van der Waals surface area (Å²) >= 11 is 0. The van der Waals surface area contributed by atoms with Crippen molar-refractivity contribution >= 4 is 8.72 Å². The van der Waals surface area contributed by atoms with Crippen LogP contribution in [0.25, 0.3) is 0 Å². The average Bonchev–Trinajstić information content (AvgIpc) is 2.21. The van der Waals surface area contributed by atoms with Gasteiger partial charge < -0.3 is 8.85 Å². The molecule has 1 saturated heterocycles. The smallest absolute Gasteiger partial charge is 0.386 e. The van der Waals surface area contributed by atoms with E-state index in [1.807, 2.05) is 0 Å². The van der Waals surface area contributed by atoms with Crippen LogP contribution in [-0.2, 0) is 8.85 Å². The summed E-state index contributed by atoms with van der Waals surface area (Å²) in [6.07, 6.45) is 2.52. The van der Waals surface area contributed by atoms with Crippen molar-refractivity contribution in [3.8, 4) is 0 Å². The van der Waals surface area contributed by atoms with E-state index < -0.39 is 8.72 Å². The van der Waals surface area contributed by atoms with Crippen LogP contribution >= 0.6 is 0 Å². The molecule has 1 heterocycles. The Balaban J connectivity index is 2.85. The maximum atomic E-state index is 5.87. The first kappa shape index (κ1) is 14.2. The molecule has 0 spiro atoms. The second-order valence-electron chi connectivity index (χ2n) is 5.91. The molecule has 0 saturated carbocycles. The van der Waals surface area contributed by atoms with Crippen LogP contribution < -0.4 is 0 Å². The van der Waals surface area contributed by atoms with E-state index in [0.717, 1.165) is 19.0 Å². The van der Waals surface area contributed by atoms with Crippen molar-refractivity contribution in [2.45, 2.75) is 45.6 Å². The zero-order valence-electron chi connectivity index (χ0n) is 11.7. The zero-order chi connectivity index (χ0) is 12.4. The Labute approximate surface area is 101 Å². The van der Waals surface area contributed by atoms with Gasteiger partial charge in [-0.15, -0.1) is 0 Å². The molecule has 0 unspecified atom stereocenters.